The lowest BCUT2D eigenvalue weighted by molar-refractivity contribution is 0.353. The standard InChI is InChI=1S/C9H17N3S/c1-4-7(5-2)9(10-3)8-6-13-12-11-8/h6-7,9-10H,4-5H2,1-3H3. The van der Waals surface area contributed by atoms with E-state index in [0.29, 0.717) is 12.0 Å². The van der Waals surface area contributed by atoms with Crippen LogP contribution in [0.25, 0.3) is 0 Å². The largest absolute Gasteiger partial charge is 0.311 e. The summed E-state index contributed by atoms with van der Waals surface area (Å²) < 4.78 is 3.89. The maximum absolute atomic E-state index is 4.11. The van der Waals surface area contributed by atoms with Crippen LogP contribution >= 0.6 is 11.5 Å². The molecule has 1 atom stereocenters. The molecule has 4 heteroatoms. The highest BCUT2D eigenvalue weighted by molar-refractivity contribution is 7.03. The second-order valence-electron chi connectivity index (χ2n) is 3.17. The molecule has 1 N–H and O–H groups in total. The van der Waals surface area contributed by atoms with Gasteiger partial charge in [-0.15, -0.1) is 5.10 Å². The molecule has 1 aromatic heterocycles. The third-order valence-corrected chi connectivity index (χ3v) is 3.05. The van der Waals surface area contributed by atoms with Crippen LogP contribution in [0.5, 0.6) is 0 Å². The van der Waals surface area contributed by atoms with E-state index in [1.807, 2.05) is 12.4 Å². The fourth-order valence-corrected chi connectivity index (χ4v) is 2.18. The van der Waals surface area contributed by atoms with Gasteiger partial charge in [0.25, 0.3) is 0 Å². The van der Waals surface area contributed by atoms with Gasteiger partial charge in [0, 0.05) is 5.38 Å². The van der Waals surface area contributed by atoms with Crippen molar-refractivity contribution < 1.29 is 0 Å². The van der Waals surface area contributed by atoms with E-state index in [0.717, 1.165) is 5.69 Å². The first-order valence-corrected chi connectivity index (χ1v) is 5.61. The zero-order valence-electron chi connectivity index (χ0n) is 8.45. The van der Waals surface area contributed by atoms with Gasteiger partial charge in [0.2, 0.25) is 0 Å². The molecule has 13 heavy (non-hydrogen) atoms. The molecule has 0 radical (unpaired) electrons. The molecule has 1 heterocycles. The van der Waals surface area contributed by atoms with Crippen molar-refractivity contribution in [1.29, 1.82) is 0 Å². The molecule has 0 aliphatic carbocycles. The van der Waals surface area contributed by atoms with E-state index in [-0.39, 0.29) is 0 Å². The van der Waals surface area contributed by atoms with E-state index in [1.165, 1.54) is 24.4 Å². The van der Waals surface area contributed by atoms with Crippen molar-refractivity contribution in [2.24, 2.45) is 5.92 Å². The summed E-state index contributed by atoms with van der Waals surface area (Å²) in [6, 6.07) is 0.369. The zero-order valence-corrected chi connectivity index (χ0v) is 9.27. The van der Waals surface area contributed by atoms with Crippen LogP contribution in [0.4, 0.5) is 0 Å². The monoisotopic (exact) mass is 199 g/mol. The molecule has 0 saturated heterocycles. The molecule has 0 fully saturated rings. The van der Waals surface area contributed by atoms with Gasteiger partial charge in [0.1, 0.15) is 0 Å². The van der Waals surface area contributed by atoms with E-state index < -0.39 is 0 Å². The van der Waals surface area contributed by atoms with Gasteiger partial charge in [-0.1, -0.05) is 31.2 Å². The van der Waals surface area contributed by atoms with Crippen molar-refractivity contribution in [2.45, 2.75) is 32.7 Å². The number of hydrogen-bond acceptors (Lipinski definition) is 4. The fourth-order valence-electron chi connectivity index (χ4n) is 1.69. The van der Waals surface area contributed by atoms with Crippen molar-refractivity contribution in [3.8, 4) is 0 Å². The van der Waals surface area contributed by atoms with Gasteiger partial charge in [-0.25, -0.2) is 0 Å². The number of nitrogens with zero attached hydrogens (tertiary/aromatic N) is 2. The average Bonchev–Trinajstić information content (AvgIpc) is 2.66. The minimum Gasteiger partial charge on any atom is -0.311 e. The molecule has 0 spiro atoms. The molecule has 1 rings (SSSR count). The smallest absolute Gasteiger partial charge is 0.0927 e. The molecule has 3 nitrogen and oxygen atoms in total. The normalized spacial score (nSPS) is 13.5. The van der Waals surface area contributed by atoms with Gasteiger partial charge >= 0.3 is 0 Å². The topological polar surface area (TPSA) is 37.8 Å². The highest BCUT2D eigenvalue weighted by Gasteiger charge is 2.20. The van der Waals surface area contributed by atoms with Gasteiger partial charge in [0.05, 0.1) is 11.7 Å². The predicted octanol–water partition coefficient (Wildman–Crippen LogP) is 2.23. The second kappa shape index (κ2) is 5.29. The SMILES string of the molecule is CCC(CC)C(NC)c1csnn1. The van der Waals surface area contributed by atoms with Crippen LogP contribution in [0.15, 0.2) is 5.38 Å². The molecule has 0 aromatic carbocycles. The molecule has 0 aliphatic rings. The van der Waals surface area contributed by atoms with Crippen LogP contribution in [0.2, 0.25) is 0 Å². The molecule has 0 saturated carbocycles. The van der Waals surface area contributed by atoms with Crippen molar-refractivity contribution in [2.75, 3.05) is 7.05 Å². The first-order valence-electron chi connectivity index (χ1n) is 4.77. The van der Waals surface area contributed by atoms with Gasteiger partial charge in [-0.3, -0.25) is 0 Å². The predicted molar refractivity (Wildman–Crippen MR) is 55.8 cm³/mol. The summed E-state index contributed by atoms with van der Waals surface area (Å²) in [7, 11) is 1.99. The van der Waals surface area contributed by atoms with Crippen LogP contribution in [0.3, 0.4) is 0 Å². The van der Waals surface area contributed by atoms with Gasteiger partial charge in [-0.05, 0) is 24.5 Å². The Bertz CT molecular complexity index is 219. The van der Waals surface area contributed by atoms with Crippen LogP contribution in [-0.4, -0.2) is 16.6 Å². The van der Waals surface area contributed by atoms with E-state index in [4.69, 9.17) is 0 Å². The van der Waals surface area contributed by atoms with Crippen molar-refractivity contribution in [1.82, 2.24) is 14.9 Å². The maximum Gasteiger partial charge on any atom is 0.0927 e. The molecule has 74 valence electrons. The summed E-state index contributed by atoms with van der Waals surface area (Å²) in [5.41, 5.74) is 1.08. The highest BCUT2D eigenvalue weighted by Crippen LogP contribution is 2.25. The Morgan fingerprint density at radius 1 is 1.46 bits per heavy atom. The summed E-state index contributed by atoms with van der Waals surface area (Å²) >= 11 is 1.42. The van der Waals surface area contributed by atoms with Gasteiger partial charge in [-0.2, -0.15) is 0 Å². The van der Waals surface area contributed by atoms with Crippen LogP contribution in [0.1, 0.15) is 38.4 Å². The van der Waals surface area contributed by atoms with Crippen molar-refractivity contribution in [3.63, 3.8) is 0 Å². The minimum atomic E-state index is 0.369. The summed E-state index contributed by atoms with van der Waals surface area (Å²) in [4.78, 5) is 0. The third-order valence-electron chi connectivity index (χ3n) is 2.53. The number of rotatable bonds is 5. The lowest BCUT2D eigenvalue weighted by atomic mass is 9.92. The van der Waals surface area contributed by atoms with Crippen molar-refractivity contribution in [3.05, 3.63) is 11.1 Å². The zero-order chi connectivity index (χ0) is 9.68. The van der Waals surface area contributed by atoms with Crippen LogP contribution < -0.4 is 5.32 Å². The second-order valence-corrected chi connectivity index (χ2v) is 3.78. The molecule has 0 amide bonds. The molecule has 1 aromatic rings. The Balaban J connectivity index is 2.72. The lowest BCUT2D eigenvalue weighted by Crippen LogP contribution is -2.24. The molecule has 0 bridgehead atoms. The van der Waals surface area contributed by atoms with E-state index in [1.54, 1.807) is 0 Å². The first kappa shape index (κ1) is 10.6. The average molecular weight is 199 g/mol. The Hall–Kier alpha value is -0.480. The number of aromatic nitrogens is 2. The lowest BCUT2D eigenvalue weighted by Gasteiger charge is -2.22. The van der Waals surface area contributed by atoms with Crippen LogP contribution in [0, 0.1) is 5.92 Å². The van der Waals surface area contributed by atoms with Crippen LogP contribution in [-0.2, 0) is 0 Å². The van der Waals surface area contributed by atoms with E-state index >= 15 is 0 Å². The molecular formula is C9H17N3S. The van der Waals surface area contributed by atoms with Gasteiger partial charge < -0.3 is 5.32 Å². The third kappa shape index (κ3) is 2.48. The minimum absolute atomic E-state index is 0.369. The summed E-state index contributed by atoms with van der Waals surface area (Å²) in [6.07, 6.45) is 2.36. The number of nitrogens with one attached hydrogen (secondary N) is 1. The van der Waals surface area contributed by atoms with E-state index in [2.05, 4.69) is 28.8 Å². The Labute approximate surface area is 83.7 Å². The quantitative estimate of drug-likeness (QED) is 0.790. The Morgan fingerprint density at radius 3 is 2.54 bits per heavy atom. The Kier molecular flexibility index (Phi) is 4.32. The molecule has 1 unspecified atom stereocenters. The summed E-state index contributed by atoms with van der Waals surface area (Å²) in [6.45, 7) is 4.44. The first-order chi connectivity index (χ1) is 6.33. The highest BCUT2D eigenvalue weighted by atomic mass is 32.1. The van der Waals surface area contributed by atoms with Gasteiger partial charge in [0.15, 0.2) is 0 Å². The molecule has 0 aliphatic heterocycles. The summed E-state index contributed by atoms with van der Waals surface area (Å²) in [5, 5.41) is 9.45. The Morgan fingerprint density at radius 2 is 2.15 bits per heavy atom. The van der Waals surface area contributed by atoms with E-state index in [9.17, 15) is 0 Å². The maximum atomic E-state index is 4.11. The molecular weight excluding hydrogens is 182 g/mol. The fraction of sp³-hybridized carbons (Fsp3) is 0.778. The summed E-state index contributed by atoms with van der Waals surface area (Å²) in [5.74, 6) is 0.661. The number of hydrogen-bond donors (Lipinski definition) is 1. The van der Waals surface area contributed by atoms with Crippen molar-refractivity contribution >= 4 is 11.5 Å².